The second kappa shape index (κ2) is 3.00. The summed E-state index contributed by atoms with van der Waals surface area (Å²) in [7, 11) is 0. The van der Waals surface area contributed by atoms with E-state index in [-0.39, 0.29) is 18.4 Å². The first kappa shape index (κ1) is 8.20. The largest absolute Gasteiger partial charge is 0.478 e. The van der Waals surface area contributed by atoms with Crippen LogP contribution in [0.1, 0.15) is 12.8 Å². The number of alkyl halides is 1. The normalized spacial score (nSPS) is 31.3. The highest BCUT2D eigenvalue weighted by Gasteiger charge is 2.23. The Morgan fingerprint density at radius 3 is 2.91 bits per heavy atom. The first-order valence-electron chi connectivity index (χ1n) is 3.45. The lowest BCUT2D eigenvalue weighted by Crippen LogP contribution is -2.33. The molecule has 1 aliphatic carbocycles. The maximum absolute atomic E-state index is 12.7. The standard InChI is InChI=1S/C7H10FNO2/c8-5-2-1-4(7(10)11)3-6(5)9/h3,5-6H,1-2,9H2,(H,10,11)/t5-,6-/m0/s1. The molecule has 0 unspecified atom stereocenters. The molecule has 0 fully saturated rings. The average molecular weight is 159 g/mol. The minimum absolute atomic E-state index is 0.222. The van der Waals surface area contributed by atoms with Gasteiger partial charge in [-0.05, 0) is 12.8 Å². The van der Waals surface area contributed by atoms with Gasteiger partial charge in [-0.1, -0.05) is 6.08 Å². The molecule has 4 heteroatoms. The van der Waals surface area contributed by atoms with E-state index in [1.165, 1.54) is 6.08 Å². The lowest BCUT2D eigenvalue weighted by atomic mass is 9.95. The Morgan fingerprint density at radius 1 is 1.82 bits per heavy atom. The van der Waals surface area contributed by atoms with E-state index in [4.69, 9.17) is 10.8 Å². The van der Waals surface area contributed by atoms with Gasteiger partial charge in [-0.2, -0.15) is 0 Å². The number of hydrogen-bond donors (Lipinski definition) is 2. The number of nitrogens with two attached hydrogens (primary N) is 1. The first-order chi connectivity index (χ1) is 5.11. The Morgan fingerprint density at radius 2 is 2.45 bits per heavy atom. The van der Waals surface area contributed by atoms with E-state index in [0.29, 0.717) is 0 Å². The third-order valence-electron chi connectivity index (χ3n) is 1.78. The number of hydrogen-bond acceptors (Lipinski definition) is 2. The fourth-order valence-electron chi connectivity index (χ4n) is 1.08. The maximum Gasteiger partial charge on any atom is 0.331 e. The Labute approximate surface area is 63.7 Å². The van der Waals surface area contributed by atoms with Crippen molar-refractivity contribution in [2.75, 3.05) is 0 Å². The molecule has 0 saturated heterocycles. The van der Waals surface area contributed by atoms with Gasteiger partial charge >= 0.3 is 5.97 Å². The molecule has 62 valence electrons. The quantitative estimate of drug-likeness (QED) is 0.584. The number of carbonyl (C=O) groups is 1. The van der Waals surface area contributed by atoms with E-state index in [1.54, 1.807) is 0 Å². The summed E-state index contributed by atoms with van der Waals surface area (Å²) in [6.45, 7) is 0. The third-order valence-corrected chi connectivity index (χ3v) is 1.78. The van der Waals surface area contributed by atoms with Crippen LogP contribution in [0.2, 0.25) is 0 Å². The zero-order valence-electron chi connectivity index (χ0n) is 5.96. The zero-order chi connectivity index (χ0) is 8.43. The molecule has 0 amide bonds. The Hall–Kier alpha value is -0.900. The van der Waals surface area contributed by atoms with Gasteiger partial charge < -0.3 is 10.8 Å². The van der Waals surface area contributed by atoms with Crippen molar-refractivity contribution in [3.63, 3.8) is 0 Å². The Bertz CT molecular complexity index is 203. The highest BCUT2D eigenvalue weighted by atomic mass is 19.1. The molecule has 0 bridgehead atoms. The van der Waals surface area contributed by atoms with Gasteiger partial charge in [-0.15, -0.1) is 0 Å². The van der Waals surface area contributed by atoms with Crippen LogP contribution in [0.3, 0.4) is 0 Å². The average Bonchev–Trinajstić information content (AvgIpc) is 1.94. The van der Waals surface area contributed by atoms with Gasteiger partial charge in [-0.3, -0.25) is 0 Å². The lowest BCUT2D eigenvalue weighted by Gasteiger charge is -2.19. The molecule has 11 heavy (non-hydrogen) atoms. The van der Waals surface area contributed by atoms with Crippen LogP contribution in [0.25, 0.3) is 0 Å². The Kier molecular flexibility index (Phi) is 2.24. The maximum atomic E-state index is 12.7. The second-order valence-corrected chi connectivity index (χ2v) is 2.63. The molecule has 0 aromatic carbocycles. The van der Waals surface area contributed by atoms with Gasteiger partial charge in [0.05, 0.1) is 6.04 Å². The summed E-state index contributed by atoms with van der Waals surface area (Å²) in [4.78, 5) is 10.4. The molecule has 0 spiro atoms. The molecule has 0 aliphatic heterocycles. The van der Waals surface area contributed by atoms with Gasteiger partial charge in [0, 0.05) is 5.57 Å². The number of rotatable bonds is 1. The summed E-state index contributed by atoms with van der Waals surface area (Å²) in [5.74, 6) is -0.993. The third kappa shape index (κ3) is 1.77. The minimum Gasteiger partial charge on any atom is -0.478 e. The van der Waals surface area contributed by atoms with Crippen molar-refractivity contribution in [2.45, 2.75) is 25.1 Å². The van der Waals surface area contributed by atoms with Crippen LogP contribution >= 0.6 is 0 Å². The molecule has 0 aromatic heterocycles. The van der Waals surface area contributed by atoms with Crippen molar-refractivity contribution < 1.29 is 14.3 Å². The molecule has 3 nitrogen and oxygen atoms in total. The van der Waals surface area contributed by atoms with Crippen molar-refractivity contribution in [3.05, 3.63) is 11.6 Å². The summed E-state index contributed by atoms with van der Waals surface area (Å²) < 4.78 is 12.7. The van der Waals surface area contributed by atoms with E-state index in [9.17, 15) is 9.18 Å². The van der Waals surface area contributed by atoms with Crippen LogP contribution < -0.4 is 5.73 Å². The van der Waals surface area contributed by atoms with Crippen molar-refractivity contribution in [1.82, 2.24) is 0 Å². The molecule has 1 aliphatic rings. The molecule has 0 radical (unpaired) electrons. The number of carboxylic acid groups (broad SMARTS) is 1. The van der Waals surface area contributed by atoms with Crippen molar-refractivity contribution in [3.8, 4) is 0 Å². The van der Waals surface area contributed by atoms with E-state index < -0.39 is 18.2 Å². The van der Waals surface area contributed by atoms with E-state index in [2.05, 4.69) is 0 Å². The van der Waals surface area contributed by atoms with E-state index in [1.807, 2.05) is 0 Å². The molecule has 2 atom stereocenters. The second-order valence-electron chi connectivity index (χ2n) is 2.63. The SMILES string of the molecule is N[C@H]1C=C(C(=O)O)CC[C@@H]1F. The fourth-order valence-corrected chi connectivity index (χ4v) is 1.08. The highest BCUT2D eigenvalue weighted by Crippen LogP contribution is 2.19. The van der Waals surface area contributed by atoms with Crippen LogP contribution in [0.15, 0.2) is 11.6 Å². The molecular formula is C7H10FNO2. The summed E-state index contributed by atoms with van der Waals surface area (Å²) in [6.07, 6.45) is 0.707. The Balaban J connectivity index is 2.71. The summed E-state index contributed by atoms with van der Waals surface area (Å²) in [6, 6.07) is -0.741. The molecule has 3 N–H and O–H groups in total. The van der Waals surface area contributed by atoms with Crippen molar-refractivity contribution >= 4 is 5.97 Å². The number of carboxylic acids is 1. The smallest absolute Gasteiger partial charge is 0.331 e. The summed E-state index contributed by atoms with van der Waals surface area (Å²) >= 11 is 0. The highest BCUT2D eigenvalue weighted by molar-refractivity contribution is 5.86. The zero-order valence-corrected chi connectivity index (χ0v) is 5.96. The lowest BCUT2D eigenvalue weighted by molar-refractivity contribution is -0.133. The fraction of sp³-hybridized carbons (Fsp3) is 0.571. The van der Waals surface area contributed by atoms with Crippen molar-refractivity contribution in [1.29, 1.82) is 0 Å². The number of halogens is 1. The van der Waals surface area contributed by atoms with E-state index in [0.717, 1.165) is 0 Å². The van der Waals surface area contributed by atoms with Gasteiger partial charge in [0.2, 0.25) is 0 Å². The molecule has 0 saturated carbocycles. The minimum atomic E-state index is -1.09. The molecular weight excluding hydrogens is 149 g/mol. The molecule has 1 rings (SSSR count). The predicted molar refractivity (Wildman–Crippen MR) is 37.8 cm³/mol. The van der Waals surface area contributed by atoms with E-state index >= 15 is 0 Å². The van der Waals surface area contributed by atoms with Gasteiger partial charge in [0.25, 0.3) is 0 Å². The van der Waals surface area contributed by atoms with Crippen molar-refractivity contribution in [2.24, 2.45) is 5.73 Å². The van der Waals surface area contributed by atoms with Crippen LogP contribution in [0.4, 0.5) is 4.39 Å². The first-order valence-corrected chi connectivity index (χ1v) is 3.45. The van der Waals surface area contributed by atoms with Gasteiger partial charge in [0.15, 0.2) is 0 Å². The summed E-state index contributed by atoms with van der Waals surface area (Å²) in [5, 5.41) is 8.50. The van der Waals surface area contributed by atoms with Crippen LogP contribution in [-0.4, -0.2) is 23.3 Å². The van der Waals surface area contributed by atoms with Crippen LogP contribution in [0.5, 0.6) is 0 Å². The topological polar surface area (TPSA) is 63.3 Å². The van der Waals surface area contributed by atoms with Gasteiger partial charge in [-0.25, -0.2) is 9.18 Å². The predicted octanol–water partition coefficient (Wildman–Crippen LogP) is 0.457. The van der Waals surface area contributed by atoms with Gasteiger partial charge in [0.1, 0.15) is 6.17 Å². The van der Waals surface area contributed by atoms with Crippen LogP contribution in [-0.2, 0) is 4.79 Å². The monoisotopic (exact) mass is 159 g/mol. The molecule has 0 aromatic rings. The van der Waals surface area contributed by atoms with Crippen LogP contribution in [0, 0.1) is 0 Å². The molecule has 0 heterocycles. The number of aliphatic carboxylic acids is 1. The summed E-state index contributed by atoms with van der Waals surface area (Å²) in [5.41, 5.74) is 5.52.